The highest BCUT2D eigenvalue weighted by atomic mass is 32.1. The van der Waals surface area contributed by atoms with Crippen LogP contribution in [0.25, 0.3) is 10.2 Å². The van der Waals surface area contributed by atoms with Crippen LogP contribution in [0.1, 0.15) is 38.2 Å². The Bertz CT molecular complexity index is 1220. The van der Waals surface area contributed by atoms with Crippen molar-refractivity contribution in [3.05, 3.63) is 101 Å². The molecule has 6 nitrogen and oxygen atoms in total. The molecule has 1 aliphatic heterocycles. The maximum absolute atomic E-state index is 12.8. The van der Waals surface area contributed by atoms with Crippen LogP contribution < -0.4 is 0 Å². The molecule has 0 bridgehead atoms. The molecule has 2 heterocycles. The van der Waals surface area contributed by atoms with E-state index in [9.17, 15) is 9.59 Å². The fraction of sp³-hybridized carbons (Fsp3) is 0.192. The Hall–Kier alpha value is -3.55. The zero-order valence-corrected chi connectivity index (χ0v) is 18.4. The highest BCUT2D eigenvalue weighted by Gasteiger charge is 2.38. The zero-order chi connectivity index (χ0) is 22.6. The molecule has 0 amide bonds. The Morgan fingerprint density at radius 3 is 2.00 bits per heavy atom. The number of para-hydroxylation sites is 1. The van der Waals surface area contributed by atoms with E-state index in [4.69, 9.17) is 14.2 Å². The zero-order valence-electron chi connectivity index (χ0n) is 17.6. The number of carbonyl (C=O) groups is 2. The van der Waals surface area contributed by atoms with Gasteiger partial charge in [-0.3, -0.25) is 0 Å². The summed E-state index contributed by atoms with van der Waals surface area (Å²) in [4.78, 5) is 30.1. The van der Waals surface area contributed by atoms with Gasteiger partial charge in [-0.15, -0.1) is 11.3 Å². The predicted octanol–water partition coefficient (Wildman–Crippen LogP) is 5.21. The van der Waals surface area contributed by atoms with Crippen molar-refractivity contribution in [1.82, 2.24) is 4.98 Å². The van der Waals surface area contributed by atoms with E-state index < -0.39 is 24.1 Å². The van der Waals surface area contributed by atoms with Gasteiger partial charge in [0, 0.05) is 6.42 Å². The lowest BCUT2D eigenvalue weighted by atomic mass is 10.0. The number of hydrogen-bond donors (Lipinski definition) is 0. The van der Waals surface area contributed by atoms with Crippen LogP contribution in [0.2, 0.25) is 0 Å². The third-order valence-electron chi connectivity index (χ3n) is 5.44. The van der Waals surface area contributed by atoms with Crippen LogP contribution in [0, 0.1) is 0 Å². The van der Waals surface area contributed by atoms with E-state index in [1.807, 2.05) is 36.4 Å². The van der Waals surface area contributed by atoms with E-state index in [0.29, 0.717) is 17.5 Å². The number of esters is 2. The van der Waals surface area contributed by atoms with Gasteiger partial charge in [0.1, 0.15) is 17.2 Å². The number of rotatable bonds is 5. The normalized spacial score (nSPS) is 20.3. The molecule has 0 spiro atoms. The van der Waals surface area contributed by atoms with Gasteiger partial charge in [0.15, 0.2) is 6.10 Å². The molecule has 7 heteroatoms. The summed E-state index contributed by atoms with van der Waals surface area (Å²) in [6, 6.07) is 25.4. The van der Waals surface area contributed by atoms with E-state index in [1.54, 1.807) is 59.9 Å². The molecular weight excluding hydrogens is 438 g/mol. The molecule has 1 fully saturated rings. The van der Waals surface area contributed by atoms with Crippen LogP contribution in [0.15, 0.2) is 84.9 Å². The second kappa shape index (κ2) is 9.52. The molecule has 3 atom stereocenters. The van der Waals surface area contributed by atoms with Crippen molar-refractivity contribution < 1.29 is 23.8 Å². The summed E-state index contributed by atoms with van der Waals surface area (Å²) in [6.07, 6.45) is -1.42. The fourth-order valence-corrected chi connectivity index (χ4v) is 4.77. The van der Waals surface area contributed by atoms with E-state index in [1.165, 1.54) is 0 Å². The van der Waals surface area contributed by atoms with Crippen molar-refractivity contribution in [3.63, 3.8) is 0 Å². The van der Waals surface area contributed by atoms with Crippen LogP contribution in [-0.2, 0) is 14.2 Å². The molecule has 5 rings (SSSR count). The Labute approximate surface area is 194 Å². The van der Waals surface area contributed by atoms with Gasteiger partial charge in [0.25, 0.3) is 0 Å². The molecule has 1 aliphatic rings. The van der Waals surface area contributed by atoms with Gasteiger partial charge in [0.2, 0.25) is 0 Å². The first-order valence-corrected chi connectivity index (χ1v) is 11.5. The monoisotopic (exact) mass is 459 g/mol. The number of thiazole rings is 1. The summed E-state index contributed by atoms with van der Waals surface area (Å²) in [5, 5.41) is 0.810. The van der Waals surface area contributed by atoms with E-state index >= 15 is 0 Å². The molecule has 33 heavy (non-hydrogen) atoms. The van der Waals surface area contributed by atoms with Gasteiger partial charge in [-0.1, -0.05) is 48.5 Å². The summed E-state index contributed by atoms with van der Waals surface area (Å²) >= 11 is 1.55. The number of fused-ring (bicyclic) bond motifs is 1. The van der Waals surface area contributed by atoms with Crippen molar-refractivity contribution in [2.24, 2.45) is 0 Å². The lowest BCUT2D eigenvalue weighted by Crippen LogP contribution is -2.44. The molecule has 1 aromatic heterocycles. The number of hydrogen-bond acceptors (Lipinski definition) is 7. The van der Waals surface area contributed by atoms with Crippen molar-refractivity contribution >= 4 is 33.5 Å². The van der Waals surface area contributed by atoms with Gasteiger partial charge in [-0.2, -0.15) is 0 Å². The maximum Gasteiger partial charge on any atom is 0.338 e. The molecule has 0 N–H and O–H groups in total. The third-order valence-corrected chi connectivity index (χ3v) is 6.57. The number of nitrogens with zero attached hydrogens (tertiary/aromatic N) is 1. The predicted molar refractivity (Wildman–Crippen MR) is 124 cm³/mol. The molecule has 166 valence electrons. The third kappa shape index (κ3) is 4.79. The standard InChI is InChI=1S/C26H21NO5S/c28-25(17-9-3-1-4-10-17)31-20-15-21(24-27-19-13-7-8-14-23(19)33-24)30-16-22(20)32-26(29)18-11-5-2-6-12-18/h1-14,20-22H,15-16H2/t20-,21+,22+/m0/s1. The quantitative estimate of drug-likeness (QED) is 0.382. The highest BCUT2D eigenvalue weighted by molar-refractivity contribution is 7.18. The second-order valence-corrected chi connectivity index (χ2v) is 8.76. The van der Waals surface area contributed by atoms with Crippen molar-refractivity contribution in [2.45, 2.75) is 24.7 Å². The number of benzene rings is 3. The number of ether oxygens (including phenoxy) is 3. The summed E-state index contributed by atoms with van der Waals surface area (Å²) in [5.41, 5.74) is 1.77. The van der Waals surface area contributed by atoms with Gasteiger partial charge >= 0.3 is 11.9 Å². The van der Waals surface area contributed by atoms with Gasteiger partial charge in [-0.25, -0.2) is 14.6 Å². The molecule has 0 aliphatic carbocycles. The maximum atomic E-state index is 12.8. The molecule has 4 aromatic rings. The smallest absolute Gasteiger partial charge is 0.338 e. The first-order valence-electron chi connectivity index (χ1n) is 10.7. The van der Waals surface area contributed by atoms with Crippen LogP contribution in [0.5, 0.6) is 0 Å². The SMILES string of the molecule is O=C(O[C@H]1C[C@H](c2nc3ccccc3s2)OC[C@H]1OC(=O)c1ccccc1)c1ccccc1. The van der Waals surface area contributed by atoms with Crippen LogP contribution in [0.3, 0.4) is 0 Å². The first-order chi connectivity index (χ1) is 16.2. The Balaban J connectivity index is 1.37. The summed E-state index contributed by atoms with van der Waals surface area (Å²) in [7, 11) is 0. The van der Waals surface area contributed by atoms with E-state index in [0.717, 1.165) is 15.2 Å². The molecule has 1 saturated heterocycles. The van der Waals surface area contributed by atoms with Crippen LogP contribution in [-0.4, -0.2) is 35.7 Å². The molecular formula is C26H21NO5S. The lowest BCUT2D eigenvalue weighted by Gasteiger charge is -2.34. The fourth-order valence-electron chi connectivity index (χ4n) is 3.74. The number of aromatic nitrogens is 1. The van der Waals surface area contributed by atoms with Gasteiger partial charge in [0.05, 0.1) is 28.0 Å². The average molecular weight is 460 g/mol. The minimum absolute atomic E-state index is 0.103. The largest absolute Gasteiger partial charge is 0.455 e. The highest BCUT2D eigenvalue weighted by Crippen LogP contribution is 2.36. The topological polar surface area (TPSA) is 74.7 Å². The van der Waals surface area contributed by atoms with Crippen LogP contribution >= 0.6 is 11.3 Å². The van der Waals surface area contributed by atoms with E-state index in [2.05, 4.69) is 4.98 Å². The Kier molecular flexibility index (Phi) is 6.15. The minimum Gasteiger partial charge on any atom is -0.455 e. The minimum atomic E-state index is -0.726. The molecule has 0 radical (unpaired) electrons. The Morgan fingerprint density at radius 1 is 0.788 bits per heavy atom. The molecule has 0 saturated carbocycles. The first kappa shape index (κ1) is 21.3. The van der Waals surface area contributed by atoms with Gasteiger partial charge < -0.3 is 14.2 Å². The summed E-state index contributed by atoms with van der Waals surface area (Å²) < 4.78 is 18.6. The summed E-state index contributed by atoms with van der Waals surface area (Å²) in [5.74, 6) is -0.949. The van der Waals surface area contributed by atoms with Crippen molar-refractivity contribution in [2.75, 3.05) is 6.61 Å². The Morgan fingerprint density at radius 2 is 1.36 bits per heavy atom. The van der Waals surface area contributed by atoms with Crippen LogP contribution in [0.4, 0.5) is 0 Å². The number of carbonyl (C=O) groups excluding carboxylic acids is 2. The van der Waals surface area contributed by atoms with E-state index in [-0.39, 0.29) is 12.7 Å². The second-order valence-electron chi connectivity index (χ2n) is 7.70. The molecule has 3 aromatic carbocycles. The average Bonchev–Trinajstić information content (AvgIpc) is 3.30. The van der Waals surface area contributed by atoms with Gasteiger partial charge in [-0.05, 0) is 36.4 Å². The lowest BCUT2D eigenvalue weighted by molar-refractivity contribution is -0.131. The van der Waals surface area contributed by atoms with Crippen molar-refractivity contribution in [3.8, 4) is 0 Å². The molecule has 0 unspecified atom stereocenters. The summed E-state index contributed by atoms with van der Waals surface area (Å²) in [6.45, 7) is 0.103. The van der Waals surface area contributed by atoms with Crippen molar-refractivity contribution in [1.29, 1.82) is 0 Å².